The van der Waals surface area contributed by atoms with Crippen molar-refractivity contribution in [3.63, 3.8) is 0 Å². The fourth-order valence-corrected chi connectivity index (χ4v) is 6.20. The number of aliphatic hydroxyl groups is 2. The molecule has 1 unspecified atom stereocenters. The molecule has 0 aromatic heterocycles. The first-order valence-electron chi connectivity index (χ1n) is 19.7. The fraction of sp³-hybridized carbons (Fsp3) is 0.921. The second-order valence-corrected chi connectivity index (χ2v) is 14.8. The van der Waals surface area contributed by atoms with E-state index in [-0.39, 0.29) is 25.6 Å². The number of hydrogen-bond donors (Lipinski definition) is 3. The van der Waals surface area contributed by atoms with Gasteiger partial charge in [0.2, 0.25) is 0 Å². The average molecular weight is 707 g/mol. The Labute approximate surface area is 294 Å². The molecular weight excluding hydrogens is 631 g/mol. The Morgan fingerprint density at radius 2 is 1.06 bits per heavy atom. The van der Waals surface area contributed by atoms with Crippen molar-refractivity contribution in [3.8, 4) is 0 Å². The van der Waals surface area contributed by atoms with E-state index in [0.717, 1.165) is 51.4 Å². The van der Waals surface area contributed by atoms with Crippen LogP contribution in [0.5, 0.6) is 0 Å². The van der Waals surface area contributed by atoms with Gasteiger partial charge in [0.1, 0.15) is 12.2 Å². The molecule has 0 amide bonds. The maximum absolute atomic E-state index is 12.5. The van der Waals surface area contributed by atoms with Crippen LogP contribution in [-0.2, 0) is 27.9 Å². The number of aliphatic hydroxyl groups excluding tert-OH is 2. The Bertz CT molecular complexity index is 764. The average Bonchev–Trinajstić information content (AvgIpc) is 3.07. The number of ether oxygens (including phenoxy) is 2. The molecule has 9 nitrogen and oxygen atoms in total. The first kappa shape index (κ1) is 47.2. The van der Waals surface area contributed by atoms with Gasteiger partial charge in [-0.05, 0) is 38.5 Å². The quantitative estimate of drug-likeness (QED) is 0.0248. The van der Waals surface area contributed by atoms with Gasteiger partial charge in [0.15, 0.2) is 0 Å². The highest BCUT2D eigenvalue weighted by atomic mass is 31.2. The number of rotatable bonds is 38. The van der Waals surface area contributed by atoms with Gasteiger partial charge < -0.3 is 24.6 Å². The molecule has 0 saturated heterocycles. The molecule has 48 heavy (non-hydrogen) atoms. The Hall–Kier alpha value is -0.800. The normalized spacial score (nSPS) is 14.4. The van der Waals surface area contributed by atoms with Crippen molar-refractivity contribution in [2.45, 2.75) is 193 Å². The summed E-state index contributed by atoms with van der Waals surface area (Å²) in [6.45, 7) is 3.51. The number of carbonyl (C=O) groups excluding carboxylic acids is 1. The molecule has 0 spiro atoms. The third kappa shape index (κ3) is 35.0. The highest BCUT2D eigenvalue weighted by Crippen LogP contribution is 2.43. The molecule has 3 atom stereocenters. The van der Waals surface area contributed by atoms with Crippen LogP contribution in [0, 0.1) is 0 Å². The van der Waals surface area contributed by atoms with Crippen LogP contribution in [-0.4, -0.2) is 66.3 Å². The first-order valence-corrected chi connectivity index (χ1v) is 21.2. The molecule has 0 aliphatic carbocycles. The molecule has 10 heteroatoms. The number of allylic oxidation sites excluding steroid dienone is 2. The minimum atomic E-state index is -4.51. The van der Waals surface area contributed by atoms with E-state index >= 15 is 0 Å². The third-order valence-corrected chi connectivity index (χ3v) is 9.40. The molecule has 0 aliphatic heterocycles. The molecule has 0 fully saturated rings. The maximum atomic E-state index is 12.5. The summed E-state index contributed by atoms with van der Waals surface area (Å²) >= 11 is 0. The Kier molecular flexibility index (Phi) is 35.4. The van der Waals surface area contributed by atoms with E-state index in [2.05, 4.69) is 26.0 Å². The molecule has 0 rings (SSSR count). The van der Waals surface area contributed by atoms with E-state index in [1.54, 1.807) is 0 Å². The molecule has 3 N–H and O–H groups in total. The molecule has 0 radical (unpaired) electrons. The highest BCUT2D eigenvalue weighted by molar-refractivity contribution is 7.47. The van der Waals surface area contributed by atoms with Crippen LogP contribution in [0.1, 0.15) is 181 Å². The van der Waals surface area contributed by atoms with Crippen molar-refractivity contribution in [2.75, 3.05) is 33.0 Å². The zero-order chi connectivity index (χ0) is 35.4. The summed E-state index contributed by atoms with van der Waals surface area (Å²) in [6, 6.07) is 0. The fourth-order valence-electron chi connectivity index (χ4n) is 5.41. The standard InChI is InChI=1S/C38H75O9P/c1-3-5-7-9-11-13-15-17-19-21-23-25-27-29-31-44-34-37(35-46-48(42,43)45-33-36(40)32-39)47-38(41)30-28-26-24-22-20-18-16-14-12-10-8-6-4-2/h14,16,36-37,39-40H,3-13,15,17-35H2,1-2H3,(H,42,43)/b16-14-/t36-,37+/m0/s1. The van der Waals surface area contributed by atoms with Crippen molar-refractivity contribution in [1.29, 1.82) is 0 Å². The lowest BCUT2D eigenvalue weighted by atomic mass is 10.0. The van der Waals surface area contributed by atoms with E-state index in [1.807, 2.05) is 0 Å². The van der Waals surface area contributed by atoms with Gasteiger partial charge in [0.25, 0.3) is 0 Å². The van der Waals surface area contributed by atoms with Crippen molar-refractivity contribution < 1.29 is 43.0 Å². The summed E-state index contributed by atoms with van der Waals surface area (Å²) in [7, 11) is -4.51. The molecular formula is C38H75O9P. The van der Waals surface area contributed by atoms with E-state index in [4.69, 9.17) is 23.6 Å². The van der Waals surface area contributed by atoms with E-state index < -0.39 is 33.2 Å². The second-order valence-electron chi connectivity index (χ2n) is 13.3. The Morgan fingerprint density at radius 3 is 1.58 bits per heavy atom. The number of phosphoric acid groups is 1. The van der Waals surface area contributed by atoms with Crippen LogP contribution in [0.4, 0.5) is 0 Å². The third-order valence-electron chi connectivity index (χ3n) is 8.45. The van der Waals surface area contributed by atoms with Gasteiger partial charge in [0.05, 0.1) is 26.4 Å². The van der Waals surface area contributed by atoms with E-state index in [9.17, 15) is 19.4 Å². The second kappa shape index (κ2) is 36.0. The van der Waals surface area contributed by atoms with Crippen molar-refractivity contribution >= 4 is 13.8 Å². The first-order chi connectivity index (χ1) is 23.3. The molecule has 0 aliphatic rings. The summed E-state index contributed by atoms with van der Waals surface area (Å²) < 4.78 is 33.2. The maximum Gasteiger partial charge on any atom is 0.472 e. The predicted molar refractivity (Wildman–Crippen MR) is 196 cm³/mol. The summed E-state index contributed by atoms with van der Waals surface area (Å²) in [4.78, 5) is 22.5. The zero-order valence-electron chi connectivity index (χ0n) is 31.0. The number of carbonyl (C=O) groups is 1. The Morgan fingerprint density at radius 1 is 0.625 bits per heavy atom. The molecule has 0 aromatic carbocycles. The van der Waals surface area contributed by atoms with E-state index in [1.165, 1.54) is 109 Å². The van der Waals surface area contributed by atoms with Gasteiger partial charge in [-0.25, -0.2) is 4.57 Å². The van der Waals surface area contributed by atoms with Gasteiger partial charge >= 0.3 is 13.8 Å². The van der Waals surface area contributed by atoms with Crippen LogP contribution < -0.4 is 0 Å². The summed E-state index contributed by atoms with van der Waals surface area (Å²) in [5.41, 5.74) is 0. The van der Waals surface area contributed by atoms with Crippen LogP contribution in [0.15, 0.2) is 12.2 Å². The van der Waals surface area contributed by atoms with Crippen LogP contribution >= 0.6 is 7.82 Å². The van der Waals surface area contributed by atoms with E-state index in [0.29, 0.717) is 6.61 Å². The molecule has 286 valence electrons. The summed E-state index contributed by atoms with van der Waals surface area (Å²) in [5.74, 6) is -0.390. The number of esters is 1. The lowest BCUT2D eigenvalue weighted by molar-refractivity contribution is -0.154. The number of unbranched alkanes of at least 4 members (excludes halogenated alkanes) is 22. The van der Waals surface area contributed by atoms with Crippen molar-refractivity contribution in [2.24, 2.45) is 0 Å². The van der Waals surface area contributed by atoms with Gasteiger partial charge in [-0.2, -0.15) is 0 Å². The lowest BCUT2D eigenvalue weighted by Gasteiger charge is -2.20. The van der Waals surface area contributed by atoms with Crippen LogP contribution in [0.25, 0.3) is 0 Å². The number of phosphoric ester groups is 1. The van der Waals surface area contributed by atoms with Gasteiger partial charge in [-0.15, -0.1) is 0 Å². The highest BCUT2D eigenvalue weighted by Gasteiger charge is 2.26. The van der Waals surface area contributed by atoms with Gasteiger partial charge in [-0.3, -0.25) is 13.8 Å². The smallest absolute Gasteiger partial charge is 0.457 e. The SMILES string of the molecule is CCCCCC/C=C\CCCCCCCC(=O)O[C@H](COCCCCCCCCCCCCCCCC)COP(=O)(O)OC[C@@H](O)CO. The molecule has 0 saturated carbocycles. The minimum absolute atomic E-state index is 0.0512. The molecule has 0 aromatic rings. The van der Waals surface area contributed by atoms with Crippen LogP contribution in [0.3, 0.4) is 0 Å². The molecule has 0 heterocycles. The topological polar surface area (TPSA) is 132 Å². The zero-order valence-corrected chi connectivity index (χ0v) is 31.9. The van der Waals surface area contributed by atoms with Crippen molar-refractivity contribution in [1.82, 2.24) is 0 Å². The van der Waals surface area contributed by atoms with Crippen LogP contribution in [0.2, 0.25) is 0 Å². The van der Waals surface area contributed by atoms with Gasteiger partial charge in [-0.1, -0.05) is 148 Å². The largest absolute Gasteiger partial charge is 0.472 e. The lowest BCUT2D eigenvalue weighted by Crippen LogP contribution is -2.29. The molecule has 0 bridgehead atoms. The monoisotopic (exact) mass is 707 g/mol. The summed E-state index contributed by atoms with van der Waals surface area (Å²) in [5, 5.41) is 18.3. The summed E-state index contributed by atoms with van der Waals surface area (Å²) in [6.07, 6.45) is 33.0. The Balaban J connectivity index is 4.21. The minimum Gasteiger partial charge on any atom is -0.457 e. The predicted octanol–water partition coefficient (Wildman–Crippen LogP) is 10.1. The number of hydrogen-bond acceptors (Lipinski definition) is 8. The van der Waals surface area contributed by atoms with Gasteiger partial charge in [0, 0.05) is 13.0 Å². The van der Waals surface area contributed by atoms with Crippen molar-refractivity contribution in [3.05, 3.63) is 12.2 Å².